The Bertz CT molecular complexity index is 576. The van der Waals surface area contributed by atoms with Gasteiger partial charge in [0.15, 0.2) is 0 Å². The van der Waals surface area contributed by atoms with Crippen LogP contribution in [0.25, 0.3) is 0 Å². The van der Waals surface area contributed by atoms with Gasteiger partial charge in [0.1, 0.15) is 11.5 Å². The van der Waals surface area contributed by atoms with E-state index in [0.717, 1.165) is 57.1 Å². The normalized spacial score (nSPS) is 15.1. The molecule has 1 aromatic heterocycles. The van der Waals surface area contributed by atoms with Gasteiger partial charge in [-0.3, -0.25) is 4.90 Å². The summed E-state index contributed by atoms with van der Waals surface area (Å²) in [4.78, 5) is 2.46. The van der Waals surface area contributed by atoms with Crippen molar-refractivity contribution in [3.05, 3.63) is 59.0 Å². The molecule has 0 aliphatic carbocycles. The molecule has 1 N–H and O–H groups in total. The Labute approximate surface area is 127 Å². The Morgan fingerprint density at radius 2 is 1.90 bits per heavy atom. The number of benzene rings is 1. The van der Waals surface area contributed by atoms with E-state index in [9.17, 15) is 0 Å². The maximum absolute atomic E-state index is 5.92. The second-order valence-electron chi connectivity index (χ2n) is 5.77. The Balaban J connectivity index is 1.55. The van der Waals surface area contributed by atoms with Crippen molar-refractivity contribution in [2.24, 2.45) is 0 Å². The molecule has 1 aliphatic rings. The molecule has 3 rings (SSSR count). The fraction of sp³-hybridized carbons (Fsp3) is 0.444. The summed E-state index contributed by atoms with van der Waals surface area (Å²) < 4.78 is 5.92. The van der Waals surface area contributed by atoms with Gasteiger partial charge < -0.3 is 9.73 Å². The molecule has 0 bridgehead atoms. The quantitative estimate of drug-likeness (QED) is 0.825. The van der Waals surface area contributed by atoms with Crippen molar-refractivity contribution in [1.29, 1.82) is 0 Å². The summed E-state index contributed by atoms with van der Waals surface area (Å²) in [7, 11) is 0. The van der Waals surface area contributed by atoms with E-state index in [1.807, 2.05) is 0 Å². The molecular formula is C18H24N2O. The van der Waals surface area contributed by atoms with Gasteiger partial charge in [0, 0.05) is 13.1 Å². The molecule has 0 fully saturated rings. The Kier molecular flexibility index (Phi) is 4.73. The third kappa shape index (κ3) is 3.74. The molecule has 0 saturated heterocycles. The van der Waals surface area contributed by atoms with Crippen LogP contribution in [0.2, 0.25) is 0 Å². The van der Waals surface area contributed by atoms with E-state index in [1.54, 1.807) is 0 Å². The smallest absolute Gasteiger partial charge is 0.118 e. The number of nitrogens with one attached hydrogen (secondary N) is 1. The maximum Gasteiger partial charge on any atom is 0.118 e. The van der Waals surface area contributed by atoms with Gasteiger partial charge in [0.2, 0.25) is 0 Å². The summed E-state index contributed by atoms with van der Waals surface area (Å²) in [6.07, 6.45) is 2.29. The van der Waals surface area contributed by atoms with Crippen LogP contribution in [0.15, 0.2) is 40.8 Å². The highest BCUT2D eigenvalue weighted by molar-refractivity contribution is 5.29. The minimum absolute atomic E-state index is 0.830. The topological polar surface area (TPSA) is 28.4 Å². The lowest BCUT2D eigenvalue weighted by Crippen LogP contribution is -2.29. The van der Waals surface area contributed by atoms with Crippen LogP contribution in [0.4, 0.5) is 0 Å². The highest BCUT2D eigenvalue weighted by Gasteiger charge is 2.16. The molecule has 1 aliphatic heterocycles. The largest absolute Gasteiger partial charge is 0.463 e. The lowest BCUT2D eigenvalue weighted by molar-refractivity contribution is 0.223. The molecule has 0 saturated carbocycles. The molecule has 3 heteroatoms. The molecule has 2 heterocycles. The summed E-state index contributed by atoms with van der Waals surface area (Å²) in [5.41, 5.74) is 2.96. The van der Waals surface area contributed by atoms with Crippen LogP contribution in [0.1, 0.15) is 36.0 Å². The first-order valence-electron chi connectivity index (χ1n) is 7.92. The van der Waals surface area contributed by atoms with Crippen molar-refractivity contribution in [3.8, 4) is 0 Å². The van der Waals surface area contributed by atoms with Gasteiger partial charge >= 0.3 is 0 Å². The zero-order chi connectivity index (χ0) is 14.5. The summed E-state index contributed by atoms with van der Waals surface area (Å²) in [5.74, 6) is 2.11. The number of hydrogen-bond donors (Lipinski definition) is 1. The minimum Gasteiger partial charge on any atom is -0.463 e. The summed E-state index contributed by atoms with van der Waals surface area (Å²) in [6.45, 7) is 7.09. The number of fused-ring (bicyclic) bond motifs is 1. The maximum atomic E-state index is 5.92. The summed E-state index contributed by atoms with van der Waals surface area (Å²) in [6, 6.07) is 13.0. The van der Waals surface area contributed by atoms with E-state index in [-0.39, 0.29) is 0 Å². The number of nitrogens with zero attached hydrogens (tertiary/aromatic N) is 1. The van der Waals surface area contributed by atoms with E-state index >= 15 is 0 Å². The molecule has 0 spiro atoms. The zero-order valence-corrected chi connectivity index (χ0v) is 12.8. The molecule has 2 aromatic rings. The molecule has 0 atom stereocenters. The molecule has 112 valence electrons. The van der Waals surface area contributed by atoms with Crippen molar-refractivity contribution in [1.82, 2.24) is 10.2 Å². The van der Waals surface area contributed by atoms with E-state index in [0.29, 0.717) is 0 Å². The van der Waals surface area contributed by atoms with Crippen LogP contribution in [-0.2, 0) is 26.1 Å². The number of hydrogen-bond acceptors (Lipinski definition) is 3. The molecule has 1 aromatic carbocycles. The van der Waals surface area contributed by atoms with E-state index in [2.05, 4.69) is 53.5 Å². The minimum atomic E-state index is 0.830. The number of furan rings is 1. The average molecular weight is 284 g/mol. The fourth-order valence-corrected chi connectivity index (χ4v) is 2.90. The van der Waals surface area contributed by atoms with Crippen molar-refractivity contribution >= 4 is 0 Å². The SMILES string of the molecule is CCCNCc1ccc(CN2CCc3ccccc3C2)o1. The molecule has 3 nitrogen and oxygen atoms in total. The van der Waals surface area contributed by atoms with Crippen LogP contribution in [0.3, 0.4) is 0 Å². The Morgan fingerprint density at radius 1 is 1.10 bits per heavy atom. The Morgan fingerprint density at radius 3 is 2.76 bits per heavy atom. The fourth-order valence-electron chi connectivity index (χ4n) is 2.90. The van der Waals surface area contributed by atoms with Crippen LogP contribution in [0.5, 0.6) is 0 Å². The van der Waals surface area contributed by atoms with Crippen LogP contribution in [0, 0.1) is 0 Å². The first-order valence-corrected chi connectivity index (χ1v) is 7.92. The summed E-state index contributed by atoms with van der Waals surface area (Å²) >= 11 is 0. The molecule has 0 unspecified atom stereocenters. The average Bonchev–Trinajstić information content (AvgIpc) is 2.95. The monoisotopic (exact) mass is 284 g/mol. The van der Waals surface area contributed by atoms with Crippen molar-refractivity contribution in [3.63, 3.8) is 0 Å². The molecular weight excluding hydrogens is 260 g/mol. The molecule has 0 amide bonds. The zero-order valence-electron chi connectivity index (χ0n) is 12.8. The highest BCUT2D eigenvalue weighted by atomic mass is 16.3. The third-order valence-corrected chi connectivity index (χ3v) is 4.03. The standard InChI is InChI=1S/C18H24N2O/c1-2-10-19-12-17-7-8-18(21-17)14-20-11-9-15-5-3-4-6-16(15)13-20/h3-8,19H,2,9-14H2,1H3. The lowest BCUT2D eigenvalue weighted by Gasteiger charge is -2.27. The van der Waals surface area contributed by atoms with Gasteiger partial charge in [-0.15, -0.1) is 0 Å². The van der Waals surface area contributed by atoms with E-state index in [1.165, 1.54) is 11.1 Å². The van der Waals surface area contributed by atoms with Gasteiger partial charge in [-0.2, -0.15) is 0 Å². The predicted molar refractivity (Wildman–Crippen MR) is 85.0 cm³/mol. The second kappa shape index (κ2) is 6.92. The van der Waals surface area contributed by atoms with Crippen molar-refractivity contribution in [2.45, 2.75) is 39.4 Å². The second-order valence-corrected chi connectivity index (χ2v) is 5.77. The van der Waals surface area contributed by atoms with Gasteiger partial charge in [0.25, 0.3) is 0 Å². The first kappa shape index (κ1) is 14.4. The Hall–Kier alpha value is -1.58. The molecule has 21 heavy (non-hydrogen) atoms. The van der Waals surface area contributed by atoms with Crippen LogP contribution < -0.4 is 5.32 Å². The third-order valence-electron chi connectivity index (χ3n) is 4.03. The summed E-state index contributed by atoms with van der Waals surface area (Å²) in [5, 5.41) is 3.37. The van der Waals surface area contributed by atoms with E-state index < -0.39 is 0 Å². The van der Waals surface area contributed by atoms with Crippen molar-refractivity contribution < 1.29 is 4.42 Å². The van der Waals surface area contributed by atoms with Crippen LogP contribution in [-0.4, -0.2) is 18.0 Å². The highest BCUT2D eigenvalue weighted by Crippen LogP contribution is 2.20. The van der Waals surface area contributed by atoms with E-state index in [4.69, 9.17) is 4.42 Å². The first-order chi connectivity index (χ1) is 10.3. The predicted octanol–water partition coefficient (Wildman–Crippen LogP) is 3.34. The van der Waals surface area contributed by atoms with Gasteiger partial charge in [-0.25, -0.2) is 0 Å². The van der Waals surface area contributed by atoms with Gasteiger partial charge in [-0.05, 0) is 42.6 Å². The van der Waals surface area contributed by atoms with Crippen molar-refractivity contribution in [2.75, 3.05) is 13.1 Å². The lowest BCUT2D eigenvalue weighted by atomic mass is 10.00. The number of rotatable bonds is 6. The van der Waals surface area contributed by atoms with Crippen LogP contribution >= 0.6 is 0 Å². The van der Waals surface area contributed by atoms with Gasteiger partial charge in [-0.1, -0.05) is 31.2 Å². The van der Waals surface area contributed by atoms with Gasteiger partial charge in [0.05, 0.1) is 13.1 Å². The molecule has 0 radical (unpaired) electrons.